The molecule has 0 radical (unpaired) electrons. The summed E-state index contributed by atoms with van der Waals surface area (Å²) in [5.41, 5.74) is 0.103. The van der Waals surface area contributed by atoms with Gasteiger partial charge in [0.1, 0.15) is 0 Å². The number of hydrogen-bond donors (Lipinski definition) is 1. The predicted octanol–water partition coefficient (Wildman–Crippen LogP) is 2.23. The zero-order valence-corrected chi connectivity index (χ0v) is 11.2. The average Bonchev–Trinajstić information content (AvgIpc) is 2.29. The van der Waals surface area contributed by atoms with Crippen LogP contribution in [0.3, 0.4) is 0 Å². The number of aliphatic hydroxyl groups excluding tert-OH is 1. The molecule has 1 rings (SSSR count). The van der Waals surface area contributed by atoms with Gasteiger partial charge in [0, 0.05) is 11.1 Å². The van der Waals surface area contributed by atoms with E-state index in [0.717, 1.165) is 0 Å². The van der Waals surface area contributed by atoms with Gasteiger partial charge in [0.2, 0.25) is 0 Å². The van der Waals surface area contributed by atoms with Crippen molar-refractivity contribution in [2.75, 3.05) is 20.2 Å². The van der Waals surface area contributed by atoms with Gasteiger partial charge in [-0.2, -0.15) is 0 Å². The summed E-state index contributed by atoms with van der Waals surface area (Å²) in [5.74, 6) is -0.0420. The van der Waals surface area contributed by atoms with E-state index in [4.69, 9.17) is 11.6 Å². The number of likely N-dealkylation sites (N-methyl/N-ethyl adjacent to an activating group) is 1. The second-order valence-corrected chi connectivity index (χ2v) is 5.14. The summed E-state index contributed by atoms with van der Waals surface area (Å²) >= 11 is 5.96. The van der Waals surface area contributed by atoms with E-state index in [0.29, 0.717) is 10.6 Å². The molecule has 0 unspecified atom stereocenters. The Morgan fingerprint density at radius 1 is 1.41 bits per heavy atom. The van der Waals surface area contributed by atoms with E-state index >= 15 is 0 Å². The molecule has 0 fully saturated rings. The molecule has 4 heteroatoms. The number of rotatable bonds is 5. The van der Waals surface area contributed by atoms with Crippen LogP contribution in [0.15, 0.2) is 24.3 Å². The van der Waals surface area contributed by atoms with Gasteiger partial charge in [-0.05, 0) is 33.0 Å². The minimum atomic E-state index is -0.420. The number of halogens is 1. The SMILES string of the molecule is CN(CC(=O)c1ccccc1Cl)C(C)(C)CO. The van der Waals surface area contributed by atoms with Gasteiger partial charge in [0.25, 0.3) is 0 Å². The van der Waals surface area contributed by atoms with Gasteiger partial charge in [-0.3, -0.25) is 9.69 Å². The Labute approximate surface area is 107 Å². The lowest BCUT2D eigenvalue weighted by atomic mass is 10.0. The standard InChI is InChI=1S/C13H18ClNO2/c1-13(2,9-16)15(3)8-12(17)10-6-4-5-7-11(10)14/h4-7,16H,8-9H2,1-3H3. The van der Waals surface area contributed by atoms with E-state index in [1.165, 1.54) is 0 Å². The van der Waals surface area contributed by atoms with Crippen LogP contribution in [0.5, 0.6) is 0 Å². The first-order valence-electron chi connectivity index (χ1n) is 5.48. The normalized spacial score (nSPS) is 11.9. The fourth-order valence-electron chi connectivity index (χ4n) is 1.32. The summed E-state index contributed by atoms with van der Waals surface area (Å²) in [6.07, 6.45) is 0. The maximum atomic E-state index is 12.0. The van der Waals surface area contributed by atoms with Crippen molar-refractivity contribution in [1.82, 2.24) is 4.90 Å². The average molecular weight is 256 g/mol. The number of benzene rings is 1. The summed E-state index contributed by atoms with van der Waals surface area (Å²) in [4.78, 5) is 13.8. The Balaban J connectivity index is 2.77. The highest BCUT2D eigenvalue weighted by Gasteiger charge is 2.25. The fraction of sp³-hybridized carbons (Fsp3) is 0.462. The first kappa shape index (κ1) is 14.2. The van der Waals surface area contributed by atoms with Crippen molar-refractivity contribution in [3.8, 4) is 0 Å². The third-order valence-corrected chi connectivity index (χ3v) is 3.30. The van der Waals surface area contributed by atoms with Crippen LogP contribution in [0.25, 0.3) is 0 Å². The van der Waals surface area contributed by atoms with Crippen molar-refractivity contribution in [2.24, 2.45) is 0 Å². The van der Waals surface area contributed by atoms with Gasteiger partial charge in [0.05, 0.1) is 18.2 Å². The molecule has 0 bridgehead atoms. The van der Waals surface area contributed by atoms with Crippen LogP contribution in [-0.2, 0) is 0 Å². The Bertz CT molecular complexity index is 404. The number of Topliss-reactive ketones (excluding diaryl/α,β-unsaturated/α-hetero) is 1. The number of aliphatic hydroxyl groups is 1. The summed E-state index contributed by atoms with van der Waals surface area (Å²) in [6, 6.07) is 6.99. The topological polar surface area (TPSA) is 40.5 Å². The van der Waals surface area contributed by atoms with E-state index in [-0.39, 0.29) is 18.9 Å². The molecule has 0 aliphatic rings. The molecule has 0 saturated carbocycles. The van der Waals surface area contributed by atoms with Gasteiger partial charge >= 0.3 is 0 Å². The van der Waals surface area contributed by atoms with E-state index in [1.807, 2.05) is 25.8 Å². The van der Waals surface area contributed by atoms with Gasteiger partial charge in [-0.1, -0.05) is 23.7 Å². The third-order valence-electron chi connectivity index (χ3n) is 2.98. The van der Waals surface area contributed by atoms with E-state index in [9.17, 15) is 9.90 Å². The number of carbonyl (C=O) groups excluding carboxylic acids is 1. The zero-order chi connectivity index (χ0) is 13.1. The quantitative estimate of drug-likeness (QED) is 0.821. The maximum absolute atomic E-state index is 12.0. The smallest absolute Gasteiger partial charge is 0.178 e. The fourth-order valence-corrected chi connectivity index (χ4v) is 1.56. The lowest BCUT2D eigenvalue weighted by Gasteiger charge is -2.33. The zero-order valence-electron chi connectivity index (χ0n) is 10.4. The number of ketones is 1. The molecule has 0 heterocycles. The number of nitrogens with zero attached hydrogens (tertiary/aromatic N) is 1. The van der Waals surface area contributed by atoms with Crippen molar-refractivity contribution >= 4 is 17.4 Å². The van der Waals surface area contributed by atoms with Gasteiger partial charge < -0.3 is 5.11 Å². The van der Waals surface area contributed by atoms with Gasteiger partial charge in [-0.15, -0.1) is 0 Å². The van der Waals surface area contributed by atoms with Crippen molar-refractivity contribution in [3.05, 3.63) is 34.9 Å². The van der Waals surface area contributed by atoms with Crippen LogP contribution in [0.1, 0.15) is 24.2 Å². The van der Waals surface area contributed by atoms with Crippen molar-refractivity contribution in [3.63, 3.8) is 0 Å². The molecule has 3 nitrogen and oxygen atoms in total. The first-order valence-corrected chi connectivity index (χ1v) is 5.86. The molecule has 1 aromatic carbocycles. The van der Waals surface area contributed by atoms with E-state index in [1.54, 1.807) is 24.3 Å². The van der Waals surface area contributed by atoms with Gasteiger partial charge in [-0.25, -0.2) is 0 Å². The molecule has 0 atom stereocenters. The molecule has 0 spiro atoms. The Hall–Kier alpha value is -0.900. The maximum Gasteiger partial charge on any atom is 0.178 e. The molecular formula is C13H18ClNO2. The Morgan fingerprint density at radius 3 is 2.53 bits per heavy atom. The largest absolute Gasteiger partial charge is 0.394 e. The number of hydrogen-bond acceptors (Lipinski definition) is 3. The lowest BCUT2D eigenvalue weighted by molar-refractivity contribution is 0.0659. The van der Waals surface area contributed by atoms with Crippen LogP contribution in [-0.4, -0.2) is 41.5 Å². The molecule has 0 aliphatic heterocycles. The monoisotopic (exact) mass is 255 g/mol. The van der Waals surface area contributed by atoms with Crippen LogP contribution >= 0.6 is 11.6 Å². The molecule has 1 N–H and O–H groups in total. The first-order chi connectivity index (χ1) is 7.88. The predicted molar refractivity (Wildman–Crippen MR) is 69.6 cm³/mol. The highest BCUT2D eigenvalue weighted by atomic mass is 35.5. The molecule has 17 heavy (non-hydrogen) atoms. The van der Waals surface area contributed by atoms with Crippen molar-refractivity contribution in [2.45, 2.75) is 19.4 Å². The highest BCUT2D eigenvalue weighted by molar-refractivity contribution is 6.34. The summed E-state index contributed by atoms with van der Waals surface area (Å²) in [7, 11) is 1.81. The highest BCUT2D eigenvalue weighted by Crippen LogP contribution is 2.17. The summed E-state index contributed by atoms with van der Waals surface area (Å²) in [5, 5.41) is 9.69. The molecule has 94 valence electrons. The molecule has 0 aliphatic carbocycles. The van der Waals surface area contributed by atoms with Crippen LogP contribution in [0.4, 0.5) is 0 Å². The van der Waals surface area contributed by atoms with Gasteiger partial charge in [0.15, 0.2) is 5.78 Å². The molecule has 0 saturated heterocycles. The minimum absolute atomic E-state index is 0.000693. The van der Waals surface area contributed by atoms with Crippen LogP contribution < -0.4 is 0 Å². The second-order valence-electron chi connectivity index (χ2n) is 4.73. The van der Waals surface area contributed by atoms with Crippen LogP contribution in [0.2, 0.25) is 5.02 Å². The summed E-state index contributed by atoms with van der Waals surface area (Å²) in [6.45, 7) is 4.00. The number of carbonyl (C=O) groups is 1. The Kier molecular flexibility index (Phi) is 4.69. The van der Waals surface area contributed by atoms with E-state index in [2.05, 4.69) is 0 Å². The molecular weight excluding hydrogens is 238 g/mol. The van der Waals surface area contributed by atoms with Crippen molar-refractivity contribution < 1.29 is 9.90 Å². The summed E-state index contributed by atoms with van der Waals surface area (Å²) < 4.78 is 0. The minimum Gasteiger partial charge on any atom is -0.394 e. The molecule has 0 amide bonds. The van der Waals surface area contributed by atoms with Crippen molar-refractivity contribution in [1.29, 1.82) is 0 Å². The molecule has 1 aromatic rings. The van der Waals surface area contributed by atoms with E-state index < -0.39 is 5.54 Å². The molecule has 0 aromatic heterocycles. The lowest BCUT2D eigenvalue weighted by Crippen LogP contribution is -2.46. The second kappa shape index (κ2) is 5.63. The third kappa shape index (κ3) is 3.53. The Morgan fingerprint density at radius 2 is 2.00 bits per heavy atom. The van der Waals surface area contributed by atoms with Crippen LogP contribution in [0, 0.1) is 0 Å².